The highest BCUT2D eigenvalue weighted by molar-refractivity contribution is 5.90. The molecule has 1 aromatic heterocycles. The van der Waals surface area contributed by atoms with E-state index in [0.717, 1.165) is 18.5 Å². The van der Waals surface area contributed by atoms with Crippen LogP contribution in [0.25, 0.3) is 0 Å². The van der Waals surface area contributed by atoms with E-state index in [1.54, 1.807) is 0 Å². The van der Waals surface area contributed by atoms with E-state index in [0.29, 0.717) is 17.4 Å². The summed E-state index contributed by atoms with van der Waals surface area (Å²) in [5, 5.41) is 9.17. The molecule has 0 saturated heterocycles. The Balaban J connectivity index is 2.10. The molecule has 1 aromatic rings. The number of aromatic carboxylic acids is 1. The van der Waals surface area contributed by atoms with Crippen molar-refractivity contribution in [3.05, 3.63) is 23.0 Å². The molecule has 1 heterocycles. The van der Waals surface area contributed by atoms with Crippen molar-refractivity contribution in [3.63, 3.8) is 0 Å². The molecule has 0 bridgehead atoms. The van der Waals surface area contributed by atoms with Gasteiger partial charge in [-0.2, -0.15) is 0 Å². The van der Waals surface area contributed by atoms with Gasteiger partial charge in [0.15, 0.2) is 0 Å². The lowest BCUT2D eigenvalue weighted by molar-refractivity contribution is 0.0695. The fourth-order valence-corrected chi connectivity index (χ4v) is 2.43. The van der Waals surface area contributed by atoms with Crippen LogP contribution < -0.4 is 0 Å². The second-order valence-electron chi connectivity index (χ2n) is 4.78. The van der Waals surface area contributed by atoms with Crippen LogP contribution in [-0.2, 0) is 7.05 Å². The summed E-state index contributed by atoms with van der Waals surface area (Å²) in [7, 11) is 2.02. The molecule has 2 fully saturated rings. The minimum atomic E-state index is -0.764. The third kappa shape index (κ3) is 1.37. The smallest absolute Gasteiger partial charge is 0.337 e. The van der Waals surface area contributed by atoms with Gasteiger partial charge in [-0.25, -0.2) is 4.79 Å². The zero-order valence-electron chi connectivity index (χ0n) is 8.86. The fourth-order valence-electron chi connectivity index (χ4n) is 2.43. The highest BCUT2D eigenvalue weighted by Crippen LogP contribution is 2.47. The van der Waals surface area contributed by atoms with Crippen LogP contribution in [0.2, 0.25) is 0 Å². The van der Waals surface area contributed by atoms with E-state index in [-0.39, 0.29) is 0 Å². The molecule has 2 aliphatic carbocycles. The summed E-state index contributed by atoms with van der Waals surface area (Å²) in [4.78, 5) is 11.1. The molecule has 2 saturated carbocycles. The maximum atomic E-state index is 11.1. The quantitative estimate of drug-likeness (QED) is 0.823. The highest BCUT2D eigenvalue weighted by atomic mass is 16.4. The van der Waals surface area contributed by atoms with Gasteiger partial charge in [0.2, 0.25) is 0 Å². The lowest BCUT2D eigenvalue weighted by Crippen LogP contribution is -2.03. The van der Waals surface area contributed by atoms with Gasteiger partial charge in [-0.05, 0) is 37.7 Å². The number of aromatic nitrogens is 1. The summed E-state index contributed by atoms with van der Waals surface area (Å²) < 4.78 is 2.14. The van der Waals surface area contributed by atoms with E-state index < -0.39 is 5.97 Å². The van der Waals surface area contributed by atoms with Crippen molar-refractivity contribution in [1.82, 2.24) is 4.57 Å². The first-order valence-electron chi connectivity index (χ1n) is 5.61. The summed E-state index contributed by atoms with van der Waals surface area (Å²) in [6.45, 7) is 0. The first kappa shape index (κ1) is 9.01. The van der Waals surface area contributed by atoms with Gasteiger partial charge in [0, 0.05) is 24.4 Å². The topological polar surface area (TPSA) is 42.2 Å². The van der Waals surface area contributed by atoms with E-state index in [2.05, 4.69) is 4.57 Å². The van der Waals surface area contributed by atoms with Crippen LogP contribution in [0.4, 0.5) is 0 Å². The molecular formula is C12H15NO2. The number of nitrogens with zero attached hydrogens (tertiary/aromatic N) is 1. The molecule has 0 radical (unpaired) electrons. The van der Waals surface area contributed by atoms with Crippen LogP contribution in [0.3, 0.4) is 0 Å². The fraction of sp³-hybridized carbons (Fsp3) is 0.583. The van der Waals surface area contributed by atoms with Gasteiger partial charge in [-0.1, -0.05) is 0 Å². The number of hydrogen-bond donors (Lipinski definition) is 1. The molecule has 0 unspecified atom stereocenters. The van der Waals surface area contributed by atoms with Crippen LogP contribution in [0.15, 0.2) is 6.07 Å². The number of rotatable bonds is 3. The van der Waals surface area contributed by atoms with Gasteiger partial charge in [-0.3, -0.25) is 0 Å². The van der Waals surface area contributed by atoms with E-state index in [4.69, 9.17) is 5.11 Å². The lowest BCUT2D eigenvalue weighted by atomic mass is 10.1. The molecule has 2 aliphatic rings. The van der Waals surface area contributed by atoms with E-state index in [1.807, 2.05) is 13.1 Å². The average molecular weight is 205 g/mol. The predicted octanol–water partition coefficient (Wildman–Crippen LogP) is 2.48. The number of hydrogen-bond acceptors (Lipinski definition) is 1. The molecule has 1 N–H and O–H groups in total. The zero-order chi connectivity index (χ0) is 10.6. The van der Waals surface area contributed by atoms with Crippen molar-refractivity contribution in [2.45, 2.75) is 37.5 Å². The molecule has 3 rings (SSSR count). The zero-order valence-corrected chi connectivity index (χ0v) is 8.86. The predicted molar refractivity (Wildman–Crippen MR) is 56.3 cm³/mol. The van der Waals surface area contributed by atoms with Crippen molar-refractivity contribution in [1.29, 1.82) is 0 Å². The van der Waals surface area contributed by atoms with Crippen molar-refractivity contribution >= 4 is 5.97 Å². The van der Waals surface area contributed by atoms with Crippen molar-refractivity contribution in [2.75, 3.05) is 0 Å². The Morgan fingerprint density at radius 3 is 2.40 bits per heavy atom. The number of carbonyl (C=O) groups is 1. The Hall–Kier alpha value is -1.25. The molecule has 3 nitrogen and oxygen atoms in total. The largest absolute Gasteiger partial charge is 0.478 e. The minimum Gasteiger partial charge on any atom is -0.478 e. The van der Waals surface area contributed by atoms with E-state index >= 15 is 0 Å². The molecular weight excluding hydrogens is 190 g/mol. The van der Waals surface area contributed by atoms with Crippen molar-refractivity contribution < 1.29 is 9.90 Å². The van der Waals surface area contributed by atoms with Gasteiger partial charge in [0.25, 0.3) is 0 Å². The van der Waals surface area contributed by atoms with Gasteiger partial charge < -0.3 is 9.67 Å². The summed E-state index contributed by atoms with van der Waals surface area (Å²) in [6, 6.07) is 1.90. The maximum Gasteiger partial charge on any atom is 0.337 e. The second kappa shape index (κ2) is 2.87. The van der Waals surface area contributed by atoms with Crippen LogP contribution in [-0.4, -0.2) is 15.6 Å². The Morgan fingerprint density at radius 1 is 1.33 bits per heavy atom. The Morgan fingerprint density at radius 2 is 1.93 bits per heavy atom. The maximum absolute atomic E-state index is 11.1. The molecule has 0 spiro atoms. The molecule has 0 aliphatic heterocycles. The average Bonchev–Trinajstić information content (AvgIpc) is 3.06. The SMILES string of the molecule is Cn1c(C2CC2)cc(C(=O)O)c1C1CC1. The molecule has 0 amide bonds. The minimum absolute atomic E-state index is 0.508. The third-order valence-electron chi connectivity index (χ3n) is 3.51. The first-order valence-corrected chi connectivity index (χ1v) is 5.61. The lowest BCUT2D eigenvalue weighted by Gasteiger charge is -2.06. The van der Waals surface area contributed by atoms with E-state index in [9.17, 15) is 4.79 Å². The van der Waals surface area contributed by atoms with Crippen molar-refractivity contribution in [3.8, 4) is 0 Å². The second-order valence-corrected chi connectivity index (χ2v) is 4.78. The molecule has 15 heavy (non-hydrogen) atoms. The Bertz CT molecular complexity index is 425. The summed E-state index contributed by atoms with van der Waals surface area (Å²) >= 11 is 0. The molecule has 0 atom stereocenters. The highest BCUT2D eigenvalue weighted by Gasteiger charge is 2.35. The molecule has 80 valence electrons. The first-order chi connectivity index (χ1) is 7.18. The molecule has 0 aromatic carbocycles. The Kier molecular flexibility index (Phi) is 1.73. The summed E-state index contributed by atoms with van der Waals surface area (Å²) in [6.07, 6.45) is 4.76. The van der Waals surface area contributed by atoms with E-state index in [1.165, 1.54) is 18.5 Å². The number of carboxylic acids is 1. The normalized spacial score (nSPS) is 20.6. The summed E-state index contributed by atoms with van der Waals surface area (Å²) in [5.74, 6) is 0.369. The third-order valence-corrected chi connectivity index (χ3v) is 3.51. The van der Waals surface area contributed by atoms with Gasteiger partial charge in [0.05, 0.1) is 5.56 Å². The van der Waals surface area contributed by atoms with Gasteiger partial charge in [0.1, 0.15) is 0 Å². The van der Waals surface area contributed by atoms with Crippen LogP contribution in [0.1, 0.15) is 59.3 Å². The van der Waals surface area contributed by atoms with Crippen molar-refractivity contribution in [2.24, 2.45) is 7.05 Å². The number of carboxylic acid groups (broad SMARTS) is 1. The molecule has 3 heteroatoms. The standard InChI is InChI=1S/C12H15NO2/c1-13-10(7-2-3-7)6-9(12(14)15)11(13)8-4-5-8/h6-8H,2-5H2,1H3,(H,14,15). The monoisotopic (exact) mass is 205 g/mol. The van der Waals surface area contributed by atoms with Crippen LogP contribution >= 0.6 is 0 Å². The van der Waals surface area contributed by atoms with Crippen LogP contribution in [0, 0.1) is 0 Å². The van der Waals surface area contributed by atoms with Gasteiger partial charge in [-0.15, -0.1) is 0 Å². The van der Waals surface area contributed by atoms with Gasteiger partial charge >= 0.3 is 5.97 Å². The van der Waals surface area contributed by atoms with Crippen LogP contribution in [0.5, 0.6) is 0 Å². The summed E-state index contributed by atoms with van der Waals surface area (Å²) in [5.41, 5.74) is 2.83. The Labute approximate surface area is 88.7 Å².